The van der Waals surface area contributed by atoms with Crippen LogP contribution in [0.5, 0.6) is 0 Å². The van der Waals surface area contributed by atoms with E-state index in [1.54, 1.807) is 30.3 Å². The summed E-state index contributed by atoms with van der Waals surface area (Å²) in [5, 5.41) is 4.33. The van der Waals surface area contributed by atoms with Crippen molar-refractivity contribution in [2.24, 2.45) is 0 Å². The summed E-state index contributed by atoms with van der Waals surface area (Å²) in [5.74, 6) is -0.139. The van der Waals surface area contributed by atoms with Crippen molar-refractivity contribution in [3.05, 3.63) is 23.8 Å². The van der Waals surface area contributed by atoms with E-state index in [1.165, 1.54) is 0 Å². The summed E-state index contributed by atoms with van der Waals surface area (Å²) < 4.78 is 0. The third kappa shape index (κ3) is 2.85. The largest absolute Gasteiger partial charge is 0.399 e. The number of hydrogen-bond donors (Lipinski definition) is 3. The molecule has 4 N–H and O–H groups in total. The zero-order valence-corrected chi connectivity index (χ0v) is 9.16. The molecular weight excluding hydrogens is 192 g/mol. The van der Waals surface area contributed by atoms with Crippen molar-refractivity contribution in [1.29, 1.82) is 0 Å². The molecule has 0 saturated carbocycles. The highest BCUT2D eigenvalue weighted by Crippen LogP contribution is 2.19. The predicted molar refractivity (Wildman–Crippen MR) is 61.6 cm³/mol. The summed E-state index contributed by atoms with van der Waals surface area (Å²) in [6, 6.07) is 5.12. The van der Waals surface area contributed by atoms with Gasteiger partial charge in [-0.25, -0.2) is 5.01 Å². The van der Waals surface area contributed by atoms with Gasteiger partial charge in [-0.15, -0.1) is 0 Å². The Morgan fingerprint density at radius 3 is 2.60 bits per heavy atom. The van der Waals surface area contributed by atoms with Crippen LogP contribution in [0, 0.1) is 0 Å². The van der Waals surface area contributed by atoms with E-state index in [0.29, 0.717) is 16.9 Å². The Hall–Kier alpha value is -1.75. The van der Waals surface area contributed by atoms with Crippen LogP contribution in [0.3, 0.4) is 0 Å². The molecule has 5 heteroatoms. The first-order chi connectivity index (χ1) is 7.04. The third-order valence-electron chi connectivity index (χ3n) is 1.86. The molecule has 0 aromatic heterocycles. The lowest BCUT2D eigenvalue weighted by Crippen LogP contribution is -2.24. The summed E-state index contributed by atoms with van der Waals surface area (Å²) in [5.41, 5.74) is 10.6. The zero-order chi connectivity index (χ0) is 11.4. The Balaban J connectivity index is 3.08. The van der Waals surface area contributed by atoms with Gasteiger partial charge in [-0.1, -0.05) is 0 Å². The molecule has 0 spiro atoms. The number of hydrazine groups is 1. The second kappa shape index (κ2) is 4.65. The van der Waals surface area contributed by atoms with Gasteiger partial charge in [0.2, 0.25) is 0 Å². The van der Waals surface area contributed by atoms with Crippen LogP contribution in [-0.2, 0) is 0 Å². The molecular formula is C10H16N4O. The number of nitrogens with one attached hydrogen (secondary N) is 2. The van der Waals surface area contributed by atoms with E-state index < -0.39 is 0 Å². The summed E-state index contributed by atoms with van der Waals surface area (Å²) in [7, 11) is 5.28. The van der Waals surface area contributed by atoms with Gasteiger partial charge >= 0.3 is 0 Å². The fourth-order valence-corrected chi connectivity index (χ4v) is 1.23. The van der Waals surface area contributed by atoms with E-state index in [0.717, 1.165) is 0 Å². The number of nitrogens with two attached hydrogens (primary N) is 1. The molecule has 1 rings (SSSR count). The van der Waals surface area contributed by atoms with Crippen molar-refractivity contribution in [2.45, 2.75) is 0 Å². The Kier molecular flexibility index (Phi) is 3.51. The van der Waals surface area contributed by atoms with E-state index in [1.807, 2.05) is 14.1 Å². The second-order valence-electron chi connectivity index (χ2n) is 3.39. The van der Waals surface area contributed by atoms with Gasteiger partial charge in [0.15, 0.2) is 0 Å². The van der Waals surface area contributed by atoms with Crippen LogP contribution in [0.4, 0.5) is 11.4 Å². The first kappa shape index (κ1) is 11.3. The number of nitrogen functional groups attached to an aromatic ring is 1. The lowest BCUT2D eigenvalue weighted by atomic mass is 10.1. The van der Waals surface area contributed by atoms with Crippen molar-refractivity contribution in [3.63, 3.8) is 0 Å². The van der Waals surface area contributed by atoms with E-state index in [9.17, 15) is 4.79 Å². The van der Waals surface area contributed by atoms with Gasteiger partial charge in [-0.05, 0) is 18.2 Å². The number of carbonyl (C=O) groups excluding carboxylic acids is 1. The predicted octanol–water partition coefficient (Wildman–Crippen LogP) is 0.517. The highest BCUT2D eigenvalue weighted by atomic mass is 16.1. The molecule has 1 amide bonds. The molecule has 0 heterocycles. The first-order valence-electron chi connectivity index (χ1n) is 4.60. The smallest absolute Gasteiger partial charge is 0.253 e. The van der Waals surface area contributed by atoms with E-state index in [4.69, 9.17) is 5.73 Å². The Morgan fingerprint density at radius 2 is 2.07 bits per heavy atom. The zero-order valence-electron chi connectivity index (χ0n) is 9.16. The maximum Gasteiger partial charge on any atom is 0.253 e. The van der Waals surface area contributed by atoms with Gasteiger partial charge in [0.1, 0.15) is 0 Å². The quantitative estimate of drug-likeness (QED) is 0.500. The van der Waals surface area contributed by atoms with Crippen LogP contribution < -0.4 is 16.5 Å². The summed E-state index contributed by atoms with van der Waals surface area (Å²) >= 11 is 0. The molecule has 0 unspecified atom stereocenters. The maximum absolute atomic E-state index is 11.5. The number of nitrogens with zero attached hydrogens (tertiary/aromatic N) is 1. The molecule has 0 radical (unpaired) electrons. The van der Waals surface area contributed by atoms with Crippen LogP contribution in [0.2, 0.25) is 0 Å². The topological polar surface area (TPSA) is 70.4 Å². The summed E-state index contributed by atoms with van der Waals surface area (Å²) in [6.07, 6.45) is 0. The molecule has 0 aliphatic carbocycles. The van der Waals surface area contributed by atoms with E-state index >= 15 is 0 Å². The van der Waals surface area contributed by atoms with Crippen LogP contribution in [-0.4, -0.2) is 32.1 Å². The minimum absolute atomic E-state index is 0.139. The molecule has 0 atom stereocenters. The SMILES string of the molecule is CNC(=O)c1ccc(N)cc1NN(C)C. The molecule has 0 saturated heterocycles. The minimum Gasteiger partial charge on any atom is -0.399 e. The number of rotatable bonds is 3. The lowest BCUT2D eigenvalue weighted by Gasteiger charge is -2.16. The van der Waals surface area contributed by atoms with Gasteiger partial charge in [0, 0.05) is 26.8 Å². The fraction of sp³-hybridized carbons (Fsp3) is 0.300. The van der Waals surface area contributed by atoms with Crippen molar-refractivity contribution >= 4 is 17.3 Å². The highest BCUT2D eigenvalue weighted by molar-refractivity contribution is 5.99. The van der Waals surface area contributed by atoms with E-state index in [-0.39, 0.29) is 5.91 Å². The summed E-state index contributed by atoms with van der Waals surface area (Å²) in [4.78, 5) is 11.5. The molecule has 0 fully saturated rings. The highest BCUT2D eigenvalue weighted by Gasteiger charge is 2.10. The standard InChI is InChI=1S/C10H16N4O/c1-12-10(15)8-5-4-7(11)6-9(8)13-14(2)3/h4-6,13H,11H2,1-3H3,(H,12,15). The number of benzene rings is 1. The molecule has 82 valence electrons. The van der Waals surface area contributed by atoms with Crippen LogP contribution in [0.1, 0.15) is 10.4 Å². The number of anilines is 2. The maximum atomic E-state index is 11.5. The van der Waals surface area contributed by atoms with Crippen molar-refractivity contribution in [2.75, 3.05) is 32.3 Å². The van der Waals surface area contributed by atoms with Crippen LogP contribution in [0.15, 0.2) is 18.2 Å². The molecule has 5 nitrogen and oxygen atoms in total. The average molecular weight is 208 g/mol. The van der Waals surface area contributed by atoms with Crippen molar-refractivity contribution in [1.82, 2.24) is 10.3 Å². The minimum atomic E-state index is -0.139. The average Bonchev–Trinajstić information content (AvgIpc) is 2.16. The monoisotopic (exact) mass is 208 g/mol. The fourth-order valence-electron chi connectivity index (χ4n) is 1.23. The van der Waals surface area contributed by atoms with Crippen molar-refractivity contribution in [3.8, 4) is 0 Å². The molecule has 1 aromatic rings. The molecule has 0 aliphatic heterocycles. The molecule has 0 bridgehead atoms. The van der Waals surface area contributed by atoms with Crippen molar-refractivity contribution < 1.29 is 4.79 Å². The van der Waals surface area contributed by atoms with Gasteiger partial charge in [0.05, 0.1) is 11.3 Å². The molecule has 0 aliphatic rings. The Labute approximate surface area is 89.2 Å². The first-order valence-corrected chi connectivity index (χ1v) is 4.60. The number of carbonyl (C=O) groups is 1. The normalized spacial score (nSPS) is 10.1. The van der Waals surface area contributed by atoms with Gasteiger partial charge in [0.25, 0.3) is 5.91 Å². The van der Waals surface area contributed by atoms with Gasteiger partial charge < -0.3 is 16.5 Å². The number of hydrogen-bond acceptors (Lipinski definition) is 4. The summed E-state index contributed by atoms with van der Waals surface area (Å²) in [6.45, 7) is 0. The van der Waals surface area contributed by atoms with E-state index in [2.05, 4.69) is 10.7 Å². The lowest BCUT2D eigenvalue weighted by molar-refractivity contribution is 0.0963. The third-order valence-corrected chi connectivity index (χ3v) is 1.86. The van der Waals surface area contributed by atoms with Crippen LogP contribution >= 0.6 is 0 Å². The molecule has 15 heavy (non-hydrogen) atoms. The number of amides is 1. The van der Waals surface area contributed by atoms with Crippen LogP contribution in [0.25, 0.3) is 0 Å². The molecule has 1 aromatic carbocycles. The van der Waals surface area contributed by atoms with Gasteiger partial charge in [-0.2, -0.15) is 0 Å². The Morgan fingerprint density at radius 1 is 1.40 bits per heavy atom. The van der Waals surface area contributed by atoms with Gasteiger partial charge in [-0.3, -0.25) is 4.79 Å². The second-order valence-corrected chi connectivity index (χ2v) is 3.39. The Bertz CT molecular complexity index is 362.